The van der Waals surface area contributed by atoms with E-state index in [2.05, 4.69) is 42.0 Å². The summed E-state index contributed by atoms with van der Waals surface area (Å²) in [6.07, 6.45) is 3.53. The summed E-state index contributed by atoms with van der Waals surface area (Å²) >= 11 is 3.47. The van der Waals surface area contributed by atoms with Crippen LogP contribution in [0.3, 0.4) is 0 Å². The molecule has 0 aliphatic heterocycles. The average Bonchev–Trinajstić information content (AvgIpc) is 2.24. The molecule has 1 N–H and O–H groups in total. The minimum atomic E-state index is 0.117. The largest absolute Gasteiger partial charge is 0.356 e. The maximum atomic E-state index is 11.8. The van der Waals surface area contributed by atoms with Crippen molar-refractivity contribution in [2.45, 2.75) is 47.0 Å². The zero-order chi connectivity index (χ0) is 12.6. The third kappa shape index (κ3) is 6.51. The van der Waals surface area contributed by atoms with Crippen molar-refractivity contribution in [3.05, 3.63) is 0 Å². The molecule has 2 unspecified atom stereocenters. The third-order valence-electron chi connectivity index (χ3n) is 3.19. The van der Waals surface area contributed by atoms with Gasteiger partial charge in [-0.15, -0.1) is 0 Å². The molecule has 0 aromatic carbocycles. The van der Waals surface area contributed by atoms with Crippen LogP contribution < -0.4 is 5.32 Å². The number of halogens is 1. The molecule has 0 radical (unpaired) electrons. The van der Waals surface area contributed by atoms with Crippen LogP contribution in [0.2, 0.25) is 0 Å². The van der Waals surface area contributed by atoms with E-state index in [9.17, 15) is 4.79 Å². The van der Waals surface area contributed by atoms with Gasteiger partial charge in [0.2, 0.25) is 5.91 Å². The Hall–Kier alpha value is -0.0500. The highest BCUT2D eigenvalue weighted by atomic mass is 79.9. The highest BCUT2D eigenvalue weighted by molar-refractivity contribution is 9.09. The lowest BCUT2D eigenvalue weighted by Gasteiger charge is -2.19. The van der Waals surface area contributed by atoms with Crippen molar-refractivity contribution in [2.24, 2.45) is 17.8 Å². The molecule has 0 aliphatic carbocycles. The number of carbonyl (C=O) groups is 1. The van der Waals surface area contributed by atoms with Crippen LogP contribution in [0.1, 0.15) is 47.0 Å². The summed E-state index contributed by atoms with van der Waals surface area (Å²) in [5.74, 6) is 1.35. The Morgan fingerprint density at radius 1 is 1.25 bits per heavy atom. The van der Waals surface area contributed by atoms with Crippen molar-refractivity contribution < 1.29 is 4.79 Å². The van der Waals surface area contributed by atoms with E-state index >= 15 is 0 Å². The molecular formula is C13H26BrNO. The van der Waals surface area contributed by atoms with E-state index in [4.69, 9.17) is 0 Å². The van der Waals surface area contributed by atoms with E-state index in [1.165, 1.54) is 12.8 Å². The summed E-state index contributed by atoms with van der Waals surface area (Å²) in [6.45, 7) is 9.20. The van der Waals surface area contributed by atoms with Gasteiger partial charge in [-0.25, -0.2) is 0 Å². The van der Waals surface area contributed by atoms with Crippen LogP contribution in [0.5, 0.6) is 0 Å². The zero-order valence-electron chi connectivity index (χ0n) is 11.1. The van der Waals surface area contributed by atoms with Gasteiger partial charge in [-0.3, -0.25) is 4.79 Å². The van der Waals surface area contributed by atoms with Gasteiger partial charge in [0.05, 0.1) is 0 Å². The second-order valence-corrected chi connectivity index (χ2v) is 5.70. The standard InChI is InChI=1S/C13H26BrNO/c1-5-6-12(7-8-14)9-15-13(16)11(4)10(2)3/h10-12H,5-9H2,1-4H3,(H,15,16). The Labute approximate surface area is 109 Å². The monoisotopic (exact) mass is 291 g/mol. The van der Waals surface area contributed by atoms with E-state index in [0.717, 1.165) is 18.3 Å². The molecule has 96 valence electrons. The van der Waals surface area contributed by atoms with Crippen molar-refractivity contribution in [1.29, 1.82) is 0 Å². The van der Waals surface area contributed by atoms with Crippen molar-refractivity contribution in [3.8, 4) is 0 Å². The molecule has 0 spiro atoms. The van der Waals surface area contributed by atoms with Crippen LogP contribution in [0, 0.1) is 17.8 Å². The Balaban J connectivity index is 3.94. The van der Waals surface area contributed by atoms with Crippen LogP contribution >= 0.6 is 15.9 Å². The molecule has 0 aromatic rings. The molecule has 0 saturated heterocycles. The first kappa shape index (κ1) is 16.0. The second-order valence-electron chi connectivity index (χ2n) is 4.91. The fourth-order valence-electron chi connectivity index (χ4n) is 1.62. The SMILES string of the molecule is CCCC(CCBr)CNC(=O)C(C)C(C)C. The fourth-order valence-corrected chi connectivity index (χ4v) is 2.27. The van der Waals surface area contributed by atoms with Gasteiger partial charge in [0, 0.05) is 17.8 Å². The van der Waals surface area contributed by atoms with E-state index < -0.39 is 0 Å². The lowest BCUT2D eigenvalue weighted by atomic mass is 9.96. The van der Waals surface area contributed by atoms with E-state index in [-0.39, 0.29) is 11.8 Å². The Morgan fingerprint density at radius 3 is 2.31 bits per heavy atom. The van der Waals surface area contributed by atoms with E-state index in [0.29, 0.717) is 11.8 Å². The number of carbonyl (C=O) groups excluding carboxylic acids is 1. The fraction of sp³-hybridized carbons (Fsp3) is 0.923. The minimum Gasteiger partial charge on any atom is -0.356 e. The zero-order valence-corrected chi connectivity index (χ0v) is 12.6. The van der Waals surface area contributed by atoms with Crippen LogP contribution in [0.4, 0.5) is 0 Å². The number of amides is 1. The first-order valence-corrected chi connectivity index (χ1v) is 7.48. The van der Waals surface area contributed by atoms with Crippen molar-refractivity contribution in [2.75, 3.05) is 11.9 Å². The summed E-state index contributed by atoms with van der Waals surface area (Å²) in [5, 5.41) is 4.09. The molecule has 0 saturated carbocycles. The van der Waals surface area contributed by atoms with Gasteiger partial charge in [-0.05, 0) is 24.7 Å². The van der Waals surface area contributed by atoms with Crippen LogP contribution in [0.15, 0.2) is 0 Å². The van der Waals surface area contributed by atoms with Gasteiger partial charge in [0.15, 0.2) is 0 Å². The van der Waals surface area contributed by atoms with Gasteiger partial charge >= 0.3 is 0 Å². The molecule has 0 heterocycles. The third-order valence-corrected chi connectivity index (χ3v) is 3.65. The molecule has 2 nitrogen and oxygen atoms in total. The Morgan fingerprint density at radius 2 is 1.88 bits per heavy atom. The molecule has 0 fully saturated rings. The Kier molecular flexibility index (Phi) is 9.00. The maximum Gasteiger partial charge on any atom is 0.223 e. The van der Waals surface area contributed by atoms with Crippen LogP contribution in [0.25, 0.3) is 0 Å². The molecule has 0 bridgehead atoms. The molecule has 3 heteroatoms. The van der Waals surface area contributed by atoms with E-state index in [1.54, 1.807) is 0 Å². The summed E-state index contributed by atoms with van der Waals surface area (Å²) in [7, 11) is 0. The molecule has 0 aliphatic rings. The molecule has 1 amide bonds. The highest BCUT2D eigenvalue weighted by Gasteiger charge is 2.17. The number of hydrogen-bond acceptors (Lipinski definition) is 1. The van der Waals surface area contributed by atoms with Gasteiger partial charge in [-0.2, -0.15) is 0 Å². The predicted molar refractivity (Wildman–Crippen MR) is 73.8 cm³/mol. The molecule has 0 rings (SSSR count). The Bertz CT molecular complexity index is 188. The predicted octanol–water partition coefficient (Wildman–Crippen LogP) is 3.60. The van der Waals surface area contributed by atoms with Gasteiger partial charge < -0.3 is 5.32 Å². The van der Waals surface area contributed by atoms with Crippen LogP contribution in [-0.2, 0) is 4.79 Å². The number of hydrogen-bond donors (Lipinski definition) is 1. The summed E-state index contributed by atoms with van der Waals surface area (Å²) < 4.78 is 0. The maximum absolute atomic E-state index is 11.8. The van der Waals surface area contributed by atoms with Crippen molar-refractivity contribution >= 4 is 21.8 Å². The lowest BCUT2D eigenvalue weighted by Crippen LogP contribution is -2.35. The van der Waals surface area contributed by atoms with Crippen molar-refractivity contribution in [1.82, 2.24) is 5.32 Å². The quantitative estimate of drug-likeness (QED) is 0.680. The lowest BCUT2D eigenvalue weighted by molar-refractivity contribution is -0.125. The minimum absolute atomic E-state index is 0.117. The van der Waals surface area contributed by atoms with E-state index in [1.807, 2.05) is 6.92 Å². The average molecular weight is 292 g/mol. The number of rotatable bonds is 8. The number of alkyl halides is 1. The van der Waals surface area contributed by atoms with Gasteiger partial charge in [0.25, 0.3) is 0 Å². The molecule has 16 heavy (non-hydrogen) atoms. The smallest absolute Gasteiger partial charge is 0.223 e. The second kappa shape index (κ2) is 9.03. The molecule has 0 aromatic heterocycles. The summed E-state index contributed by atoms with van der Waals surface area (Å²) in [5.41, 5.74) is 0. The highest BCUT2D eigenvalue weighted by Crippen LogP contribution is 2.13. The van der Waals surface area contributed by atoms with Gasteiger partial charge in [0.1, 0.15) is 0 Å². The molecule has 2 atom stereocenters. The summed E-state index contributed by atoms with van der Waals surface area (Å²) in [4.78, 5) is 11.8. The first-order valence-electron chi connectivity index (χ1n) is 6.36. The summed E-state index contributed by atoms with van der Waals surface area (Å²) in [6, 6.07) is 0. The van der Waals surface area contributed by atoms with Crippen molar-refractivity contribution in [3.63, 3.8) is 0 Å². The van der Waals surface area contributed by atoms with Gasteiger partial charge in [-0.1, -0.05) is 50.0 Å². The topological polar surface area (TPSA) is 29.1 Å². The molecular weight excluding hydrogens is 266 g/mol. The van der Waals surface area contributed by atoms with Crippen LogP contribution in [-0.4, -0.2) is 17.8 Å². The first-order chi connectivity index (χ1) is 7.52. The number of nitrogens with one attached hydrogen (secondary N) is 1. The normalized spacial score (nSPS) is 14.9.